The maximum atomic E-state index is 11.9. The molecule has 1 aliphatic heterocycles. The molecule has 166 valence electrons. The smallest absolute Gasteiger partial charge is 0.213 e. The number of fused-ring (bicyclic) bond motifs is 3. The Morgan fingerprint density at radius 3 is 2.53 bits per heavy atom. The van der Waals surface area contributed by atoms with Gasteiger partial charge >= 0.3 is 0 Å². The van der Waals surface area contributed by atoms with Gasteiger partial charge in [-0.05, 0) is 59.5 Å². The first-order valence-electron chi connectivity index (χ1n) is 10.1. The summed E-state index contributed by atoms with van der Waals surface area (Å²) in [5, 5.41) is 5.39. The van der Waals surface area contributed by atoms with Crippen LogP contribution in [0.15, 0.2) is 67.3 Å². The Kier molecular flexibility index (Phi) is 5.95. The molecule has 0 fully saturated rings. The van der Waals surface area contributed by atoms with Crippen LogP contribution >= 0.6 is 0 Å². The van der Waals surface area contributed by atoms with Crippen molar-refractivity contribution in [2.24, 2.45) is 5.14 Å². The Bertz CT molecular complexity index is 1280. The number of hydrogen-bond donors (Lipinski definition) is 1. The Balaban J connectivity index is 2.00. The highest BCUT2D eigenvalue weighted by molar-refractivity contribution is 7.88. The molecule has 0 aromatic heterocycles. The van der Waals surface area contributed by atoms with Gasteiger partial charge in [0.2, 0.25) is 10.0 Å². The van der Waals surface area contributed by atoms with Crippen molar-refractivity contribution < 1.29 is 22.6 Å². The van der Waals surface area contributed by atoms with Gasteiger partial charge in [0.25, 0.3) is 0 Å². The molecule has 0 saturated heterocycles. The van der Waals surface area contributed by atoms with Crippen LogP contribution in [-0.2, 0) is 22.2 Å². The van der Waals surface area contributed by atoms with Gasteiger partial charge in [-0.15, -0.1) is 6.58 Å². The average molecular weight is 452 g/mol. The molecule has 0 spiro atoms. The van der Waals surface area contributed by atoms with E-state index in [1.54, 1.807) is 20.3 Å². The number of nitrogens with two attached hydrogens (primary N) is 1. The lowest BCUT2D eigenvalue weighted by Gasteiger charge is -2.31. The van der Waals surface area contributed by atoms with E-state index in [-0.39, 0.29) is 5.75 Å². The van der Waals surface area contributed by atoms with E-state index in [1.807, 2.05) is 54.6 Å². The van der Waals surface area contributed by atoms with Gasteiger partial charge < -0.3 is 14.2 Å². The number of methoxy groups -OCH3 is 2. The van der Waals surface area contributed by atoms with E-state index < -0.39 is 16.1 Å². The van der Waals surface area contributed by atoms with E-state index in [0.717, 1.165) is 27.8 Å². The quantitative estimate of drug-likeness (QED) is 0.539. The van der Waals surface area contributed by atoms with E-state index in [9.17, 15) is 8.42 Å². The second-order valence-corrected chi connectivity index (χ2v) is 9.23. The fraction of sp³-hybridized carbons (Fsp3) is 0.200. The number of rotatable bonds is 7. The lowest BCUT2D eigenvalue weighted by Crippen LogP contribution is -2.19. The predicted octanol–water partition coefficient (Wildman–Crippen LogP) is 4.37. The van der Waals surface area contributed by atoms with Crippen LogP contribution in [0.4, 0.5) is 0 Å². The predicted molar refractivity (Wildman–Crippen MR) is 125 cm³/mol. The summed E-state index contributed by atoms with van der Waals surface area (Å²) in [4.78, 5) is 0. The van der Waals surface area contributed by atoms with Crippen LogP contribution in [0.1, 0.15) is 28.4 Å². The number of allylic oxidation sites excluding steroid dienone is 1. The Morgan fingerprint density at radius 2 is 1.84 bits per heavy atom. The van der Waals surface area contributed by atoms with Crippen molar-refractivity contribution in [1.82, 2.24) is 0 Å². The summed E-state index contributed by atoms with van der Waals surface area (Å²) >= 11 is 0. The first-order chi connectivity index (χ1) is 15.3. The molecule has 2 N–H and O–H groups in total. The largest absolute Gasteiger partial charge is 0.497 e. The average Bonchev–Trinajstić information content (AvgIpc) is 2.77. The summed E-state index contributed by atoms with van der Waals surface area (Å²) < 4.78 is 41.3. The second kappa shape index (κ2) is 8.68. The van der Waals surface area contributed by atoms with Gasteiger partial charge in [0, 0.05) is 11.1 Å². The summed E-state index contributed by atoms with van der Waals surface area (Å²) in [5.74, 6) is 1.80. The summed E-state index contributed by atoms with van der Waals surface area (Å²) in [7, 11) is -0.504. The van der Waals surface area contributed by atoms with E-state index in [1.165, 1.54) is 0 Å². The zero-order chi connectivity index (χ0) is 22.9. The minimum atomic E-state index is -3.73. The van der Waals surface area contributed by atoms with Crippen molar-refractivity contribution in [3.8, 4) is 28.4 Å². The van der Waals surface area contributed by atoms with Crippen LogP contribution in [0.5, 0.6) is 17.2 Å². The van der Waals surface area contributed by atoms with Crippen LogP contribution in [0.3, 0.4) is 0 Å². The maximum absolute atomic E-state index is 11.9. The van der Waals surface area contributed by atoms with Crippen molar-refractivity contribution in [1.29, 1.82) is 0 Å². The summed E-state index contributed by atoms with van der Waals surface area (Å²) in [6.45, 7) is 3.82. The lowest BCUT2D eigenvalue weighted by atomic mass is 9.85. The molecule has 0 amide bonds. The van der Waals surface area contributed by atoms with Crippen LogP contribution in [-0.4, -0.2) is 22.6 Å². The van der Waals surface area contributed by atoms with Gasteiger partial charge in [0.05, 0.1) is 25.5 Å². The summed E-state index contributed by atoms with van der Waals surface area (Å²) in [6, 6.07) is 17.2. The first kappa shape index (κ1) is 21.9. The van der Waals surface area contributed by atoms with Crippen molar-refractivity contribution >= 4 is 10.0 Å². The zero-order valence-electron chi connectivity index (χ0n) is 18.0. The summed E-state index contributed by atoms with van der Waals surface area (Å²) in [6.07, 6.45) is 1.79. The number of benzene rings is 3. The third-order valence-electron chi connectivity index (χ3n) is 5.49. The van der Waals surface area contributed by atoms with Crippen molar-refractivity contribution in [3.63, 3.8) is 0 Å². The minimum Gasteiger partial charge on any atom is -0.497 e. The van der Waals surface area contributed by atoms with Crippen molar-refractivity contribution in [2.75, 3.05) is 14.2 Å². The molecule has 3 aromatic rings. The Hall–Kier alpha value is -3.29. The minimum absolute atomic E-state index is 0.271. The number of ether oxygens (including phenoxy) is 3. The van der Waals surface area contributed by atoms with Gasteiger partial charge in [-0.3, -0.25) is 0 Å². The molecule has 0 radical (unpaired) electrons. The van der Waals surface area contributed by atoms with Crippen molar-refractivity contribution in [3.05, 3.63) is 89.5 Å². The van der Waals surface area contributed by atoms with Crippen molar-refractivity contribution in [2.45, 2.75) is 18.3 Å². The molecule has 6 nitrogen and oxygen atoms in total. The molecule has 4 rings (SSSR count). The molecule has 1 unspecified atom stereocenters. The van der Waals surface area contributed by atoms with E-state index in [2.05, 4.69) is 6.58 Å². The molecule has 1 heterocycles. The summed E-state index contributed by atoms with van der Waals surface area (Å²) in [5.41, 5.74) is 4.94. The fourth-order valence-electron chi connectivity index (χ4n) is 4.13. The molecular weight excluding hydrogens is 426 g/mol. The number of sulfonamides is 1. The number of hydrogen-bond acceptors (Lipinski definition) is 5. The van der Waals surface area contributed by atoms with Gasteiger partial charge in [0.15, 0.2) is 0 Å². The fourth-order valence-corrected chi connectivity index (χ4v) is 4.83. The van der Waals surface area contributed by atoms with Gasteiger partial charge in [-0.1, -0.05) is 24.3 Å². The highest BCUT2D eigenvalue weighted by Gasteiger charge is 2.31. The molecule has 0 bridgehead atoms. The first-order valence-corrected chi connectivity index (χ1v) is 11.8. The molecule has 3 aromatic carbocycles. The lowest BCUT2D eigenvalue weighted by molar-refractivity contribution is 0.241. The van der Waals surface area contributed by atoms with Crippen LogP contribution in [0.2, 0.25) is 0 Å². The number of primary sulfonamides is 1. The van der Waals surface area contributed by atoms with Gasteiger partial charge in [-0.25, -0.2) is 13.6 Å². The Labute approximate surface area is 188 Å². The van der Waals surface area contributed by atoms with E-state index in [4.69, 9.17) is 19.3 Å². The SMILES string of the molecule is C=CCc1cc2c(cc1CS(N)(=O)=O)C(c1cccc(OC)c1)Oc1cccc(OC)c1-2. The molecule has 0 saturated carbocycles. The zero-order valence-corrected chi connectivity index (χ0v) is 18.8. The highest BCUT2D eigenvalue weighted by Crippen LogP contribution is 2.50. The molecule has 1 atom stereocenters. The van der Waals surface area contributed by atoms with Gasteiger partial charge in [0.1, 0.15) is 23.4 Å². The molecule has 1 aliphatic rings. The molecule has 7 heteroatoms. The Morgan fingerprint density at radius 1 is 1.06 bits per heavy atom. The van der Waals surface area contributed by atoms with Crippen LogP contribution < -0.4 is 19.3 Å². The van der Waals surface area contributed by atoms with Crippen LogP contribution in [0, 0.1) is 0 Å². The van der Waals surface area contributed by atoms with Crippen LogP contribution in [0.25, 0.3) is 11.1 Å². The topological polar surface area (TPSA) is 87.9 Å². The third-order valence-corrected chi connectivity index (χ3v) is 6.21. The highest BCUT2D eigenvalue weighted by atomic mass is 32.2. The van der Waals surface area contributed by atoms with E-state index in [0.29, 0.717) is 29.2 Å². The standard InChI is InChI=1S/C25H25NO5S/c1-4-7-16-13-20-21(14-18(16)15-32(26,27)28)25(17-8-5-9-19(12-17)29-2)31-23-11-6-10-22(30-3)24(20)23/h4-6,8-14,25H,1,7,15H2,2-3H3,(H2,26,27,28). The maximum Gasteiger partial charge on any atom is 0.213 e. The third kappa shape index (κ3) is 4.22. The molecule has 0 aliphatic carbocycles. The normalized spacial score (nSPS) is 14.7. The van der Waals surface area contributed by atoms with Gasteiger partial charge in [-0.2, -0.15) is 0 Å². The van der Waals surface area contributed by atoms with E-state index >= 15 is 0 Å². The molecule has 32 heavy (non-hydrogen) atoms. The monoisotopic (exact) mass is 451 g/mol. The molecular formula is C25H25NO5S. The second-order valence-electron chi connectivity index (χ2n) is 7.62.